The van der Waals surface area contributed by atoms with E-state index in [1.165, 1.54) is 0 Å². The van der Waals surface area contributed by atoms with E-state index in [0.29, 0.717) is 5.95 Å². The zero-order valence-electron chi connectivity index (χ0n) is 11.4. The Morgan fingerprint density at radius 1 is 1.10 bits per heavy atom. The van der Waals surface area contributed by atoms with Crippen molar-refractivity contribution in [3.8, 4) is 11.1 Å². The van der Waals surface area contributed by atoms with Crippen LogP contribution in [-0.4, -0.2) is 39.2 Å². The van der Waals surface area contributed by atoms with Crippen molar-refractivity contribution in [2.45, 2.75) is 25.9 Å². The second kappa shape index (κ2) is 5.92. The molecular formula is C14H17N5O. The zero-order chi connectivity index (χ0) is 13.8. The van der Waals surface area contributed by atoms with Crippen molar-refractivity contribution in [1.29, 1.82) is 0 Å². The van der Waals surface area contributed by atoms with E-state index in [2.05, 4.69) is 25.3 Å². The number of nitrogens with one attached hydrogen (secondary N) is 1. The molecule has 1 aliphatic rings. The van der Waals surface area contributed by atoms with Crippen LogP contribution in [0.25, 0.3) is 11.1 Å². The Balaban J connectivity index is 1.63. The van der Waals surface area contributed by atoms with Gasteiger partial charge in [-0.15, -0.1) is 0 Å². The molecule has 0 radical (unpaired) electrons. The molecule has 3 heterocycles. The standard InChI is InChI=1S/C14H17N5O/c1-10-15-5-11(6-16-10)12-7-17-14(18-8-12)19-9-13-3-2-4-20-13/h5-8,13H,2-4,9H2,1H3,(H,17,18,19). The van der Waals surface area contributed by atoms with Crippen LogP contribution in [0.3, 0.4) is 0 Å². The van der Waals surface area contributed by atoms with E-state index in [1.54, 1.807) is 24.8 Å². The molecule has 3 rings (SSSR count). The van der Waals surface area contributed by atoms with Crippen LogP contribution in [0, 0.1) is 6.92 Å². The second-order valence-corrected chi connectivity index (χ2v) is 4.83. The smallest absolute Gasteiger partial charge is 0.222 e. The molecule has 2 aromatic rings. The van der Waals surface area contributed by atoms with Gasteiger partial charge >= 0.3 is 0 Å². The number of aryl methyl sites for hydroxylation is 1. The number of rotatable bonds is 4. The Labute approximate surface area is 117 Å². The summed E-state index contributed by atoms with van der Waals surface area (Å²) in [5.41, 5.74) is 1.83. The van der Waals surface area contributed by atoms with E-state index in [9.17, 15) is 0 Å². The normalized spacial score (nSPS) is 18.1. The molecule has 1 saturated heterocycles. The molecular weight excluding hydrogens is 254 g/mol. The Morgan fingerprint density at radius 2 is 1.75 bits per heavy atom. The number of anilines is 1. The van der Waals surface area contributed by atoms with E-state index < -0.39 is 0 Å². The van der Waals surface area contributed by atoms with Gasteiger partial charge < -0.3 is 10.1 Å². The molecule has 2 aromatic heterocycles. The fraction of sp³-hybridized carbons (Fsp3) is 0.429. The lowest BCUT2D eigenvalue weighted by Gasteiger charge is -2.10. The molecule has 6 nitrogen and oxygen atoms in total. The predicted octanol–water partition coefficient (Wildman–Crippen LogP) is 1.83. The van der Waals surface area contributed by atoms with Gasteiger partial charge in [-0.05, 0) is 19.8 Å². The molecule has 0 amide bonds. The third kappa shape index (κ3) is 3.08. The van der Waals surface area contributed by atoms with Crippen LogP contribution in [-0.2, 0) is 4.74 Å². The quantitative estimate of drug-likeness (QED) is 0.914. The minimum Gasteiger partial charge on any atom is -0.376 e. The molecule has 0 saturated carbocycles. The van der Waals surface area contributed by atoms with Crippen molar-refractivity contribution in [3.63, 3.8) is 0 Å². The summed E-state index contributed by atoms with van der Waals surface area (Å²) in [6.07, 6.45) is 9.63. The van der Waals surface area contributed by atoms with Gasteiger partial charge in [-0.3, -0.25) is 0 Å². The van der Waals surface area contributed by atoms with Crippen molar-refractivity contribution in [2.24, 2.45) is 0 Å². The summed E-state index contributed by atoms with van der Waals surface area (Å²) in [6.45, 7) is 3.48. The number of hydrogen-bond acceptors (Lipinski definition) is 6. The first-order chi connectivity index (χ1) is 9.81. The number of hydrogen-bond donors (Lipinski definition) is 1. The van der Waals surface area contributed by atoms with Crippen LogP contribution in [0.15, 0.2) is 24.8 Å². The topological polar surface area (TPSA) is 72.8 Å². The first kappa shape index (κ1) is 12.9. The van der Waals surface area contributed by atoms with Gasteiger partial charge in [0.05, 0.1) is 6.10 Å². The summed E-state index contributed by atoms with van der Waals surface area (Å²) in [4.78, 5) is 16.9. The lowest BCUT2D eigenvalue weighted by molar-refractivity contribution is 0.120. The fourth-order valence-electron chi connectivity index (χ4n) is 2.12. The highest BCUT2D eigenvalue weighted by Gasteiger charge is 2.15. The molecule has 1 aliphatic heterocycles. The predicted molar refractivity (Wildman–Crippen MR) is 75.3 cm³/mol. The highest BCUT2D eigenvalue weighted by molar-refractivity contribution is 5.59. The van der Waals surface area contributed by atoms with Crippen molar-refractivity contribution in [2.75, 3.05) is 18.5 Å². The number of ether oxygens (including phenoxy) is 1. The Hall–Kier alpha value is -2.08. The minimum atomic E-state index is 0.281. The first-order valence-corrected chi connectivity index (χ1v) is 6.78. The summed E-state index contributed by atoms with van der Waals surface area (Å²) in [5.74, 6) is 1.38. The Kier molecular flexibility index (Phi) is 3.83. The molecule has 0 aliphatic carbocycles. The van der Waals surface area contributed by atoms with E-state index in [1.807, 2.05) is 6.92 Å². The average Bonchev–Trinajstić information content (AvgIpc) is 3.00. The molecule has 0 aromatic carbocycles. The molecule has 104 valence electrons. The van der Waals surface area contributed by atoms with E-state index >= 15 is 0 Å². The fourth-order valence-corrected chi connectivity index (χ4v) is 2.12. The Bertz CT molecular complexity index is 549. The number of aromatic nitrogens is 4. The maximum atomic E-state index is 5.54. The van der Waals surface area contributed by atoms with Crippen LogP contribution in [0.1, 0.15) is 18.7 Å². The van der Waals surface area contributed by atoms with Crippen molar-refractivity contribution < 1.29 is 4.74 Å². The van der Waals surface area contributed by atoms with Gasteiger partial charge in [-0.1, -0.05) is 0 Å². The van der Waals surface area contributed by atoms with Crippen LogP contribution in [0.5, 0.6) is 0 Å². The monoisotopic (exact) mass is 271 g/mol. The van der Waals surface area contributed by atoms with Crippen molar-refractivity contribution in [1.82, 2.24) is 19.9 Å². The summed E-state index contributed by atoms with van der Waals surface area (Å²) in [6, 6.07) is 0. The molecule has 1 atom stereocenters. The SMILES string of the molecule is Cc1ncc(-c2cnc(NCC3CCCO3)nc2)cn1. The average molecular weight is 271 g/mol. The maximum Gasteiger partial charge on any atom is 0.222 e. The molecule has 1 N–H and O–H groups in total. The lowest BCUT2D eigenvalue weighted by atomic mass is 10.2. The van der Waals surface area contributed by atoms with Gasteiger partial charge in [0.25, 0.3) is 0 Å². The minimum absolute atomic E-state index is 0.281. The first-order valence-electron chi connectivity index (χ1n) is 6.78. The van der Waals surface area contributed by atoms with Crippen LogP contribution in [0.4, 0.5) is 5.95 Å². The molecule has 20 heavy (non-hydrogen) atoms. The molecule has 1 unspecified atom stereocenters. The highest BCUT2D eigenvalue weighted by Crippen LogP contribution is 2.16. The van der Waals surface area contributed by atoms with Crippen molar-refractivity contribution in [3.05, 3.63) is 30.6 Å². The van der Waals surface area contributed by atoms with Gasteiger partial charge in [-0.2, -0.15) is 0 Å². The maximum absolute atomic E-state index is 5.54. The third-order valence-corrected chi connectivity index (χ3v) is 3.28. The van der Waals surface area contributed by atoms with E-state index in [4.69, 9.17) is 4.74 Å². The van der Waals surface area contributed by atoms with Crippen LogP contribution >= 0.6 is 0 Å². The van der Waals surface area contributed by atoms with Crippen molar-refractivity contribution >= 4 is 5.95 Å². The second-order valence-electron chi connectivity index (χ2n) is 4.83. The van der Waals surface area contributed by atoms with E-state index in [0.717, 1.165) is 42.9 Å². The molecule has 6 heteroatoms. The summed E-state index contributed by atoms with van der Waals surface area (Å²) in [5, 5.41) is 3.20. The largest absolute Gasteiger partial charge is 0.376 e. The summed E-state index contributed by atoms with van der Waals surface area (Å²) in [7, 11) is 0. The number of nitrogens with zero attached hydrogens (tertiary/aromatic N) is 4. The third-order valence-electron chi connectivity index (χ3n) is 3.28. The molecule has 1 fully saturated rings. The highest BCUT2D eigenvalue weighted by atomic mass is 16.5. The summed E-state index contributed by atoms with van der Waals surface area (Å²) < 4.78 is 5.54. The van der Waals surface area contributed by atoms with Gasteiger partial charge in [0.2, 0.25) is 5.95 Å². The van der Waals surface area contributed by atoms with E-state index in [-0.39, 0.29) is 6.10 Å². The zero-order valence-corrected chi connectivity index (χ0v) is 11.4. The van der Waals surface area contributed by atoms with Crippen LogP contribution in [0.2, 0.25) is 0 Å². The van der Waals surface area contributed by atoms with Gasteiger partial charge in [0, 0.05) is 49.1 Å². The van der Waals surface area contributed by atoms with Crippen LogP contribution < -0.4 is 5.32 Å². The lowest BCUT2D eigenvalue weighted by Crippen LogP contribution is -2.19. The van der Waals surface area contributed by atoms with Gasteiger partial charge in [0.15, 0.2) is 0 Å². The van der Waals surface area contributed by atoms with Gasteiger partial charge in [0.1, 0.15) is 5.82 Å². The van der Waals surface area contributed by atoms with Gasteiger partial charge in [-0.25, -0.2) is 19.9 Å². The molecule has 0 spiro atoms. The Morgan fingerprint density at radius 3 is 2.35 bits per heavy atom. The molecule has 0 bridgehead atoms. The summed E-state index contributed by atoms with van der Waals surface area (Å²) >= 11 is 0.